The Bertz CT molecular complexity index is 1240. The second-order valence-electron chi connectivity index (χ2n) is 11.2. The molecule has 198 valence electrons. The molecule has 2 N–H and O–H groups in total. The Morgan fingerprint density at radius 2 is 1.74 bits per heavy atom. The Morgan fingerprint density at radius 1 is 1.00 bits per heavy atom. The Labute approximate surface area is 223 Å². The lowest BCUT2D eigenvalue weighted by atomic mass is 9.74. The first-order chi connectivity index (χ1) is 18.5. The van der Waals surface area contributed by atoms with E-state index in [0.29, 0.717) is 18.7 Å². The number of hydrogen-bond acceptors (Lipinski definition) is 4. The summed E-state index contributed by atoms with van der Waals surface area (Å²) in [5.74, 6) is -2.03. The minimum absolute atomic E-state index is 0.112. The number of nitrogens with zero attached hydrogens (tertiary/aromatic N) is 1. The number of benzene rings is 2. The Hall–Kier alpha value is -3.45. The van der Waals surface area contributed by atoms with E-state index in [0.717, 1.165) is 36.8 Å². The van der Waals surface area contributed by atoms with Gasteiger partial charge in [-0.15, -0.1) is 0 Å². The molecule has 2 saturated heterocycles. The zero-order valence-electron chi connectivity index (χ0n) is 21.8. The van der Waals surface area contributed by atoms with Gasteiger partial charge in [-0.1, -0.05) is 79.4 Å². The van der Waals surface area contributed by atoms with Gasteiger partial charge in [-0.05, 0) is 43.9 Å². The van der Waals surface area contributed by atoms with Crippen molar-refractivity contribution in [1.29, 1.82) is 0 Å². The maximum atomic E-state index is 14.1. The van der Waals surface area contributed by atoms with Crippen LogP contribution in [0.3, 0.4) is 0 Å². The summed E-state index contributed by atoms with van der Waals surface area (Å²) in [5.41, 5.74) is 1.74. The number of anilines is 1. The summed E-state index contributed by atoms with van der Waals surface area (Å²) in [6, 6.07) is 16.9. The van der Waals surface area contributed by atoms with Gasteiger partial charge in [0.05, 0.1) is 17.9 Å². The summed E-state index contributed by atoms with van der Waals surface area (Å²) in [5, 5.41) is 6.23. The molecule has 2 aromatic carbocycles. The van der Waals surface area contributed by atoms with E-state index in [-0.39, 0.29) is 23.8 Å². The highest BCUT2D eigenvalue weighted by Gasteiger charge is 2.72. The van der Waals surface area contributed by atoms with E-state index in [1.165, 1.54) is 6.42 Å². The van der Waals surface area contributed by atoms with Gasteiger partial charge in [0.2, 0.25) is 17.7 Å². The number of aryl methyl sites for hydroxylation is 1. The lowest BCUT2D eigenvalue weighted by Gasteiger charge is -2.34. The normalized spacial score (nSPS) is 29.9. The maximum Gasteiger partial charge on any atom is 0.246 e. The Balaban J connectivity index is 1.29. The SMILES string of the molecule is Cc1ccc(NC(=O)C2C3C=CC4(O3)C2C(=O)N(CCc2ccccc2)C4C(=O)NC2CCCCC2)cc1. The van der Waals surface area contributed by atoms with Crippen LogP contribution in [0.25, 0.3) is 0 Å². The second kappa shape index (κ2) is 10.0. The first-order valence-electron chi connectivity index (χ1n) is 13.9. The van der Waals surface area contributed by atoms with Crippen LogP contribution in [-0.2, 0) is 25.5 Å². The van der Waals surface area contributed by atoms with Gasteiger partial charge in [0.1, 0.15) is 11.6 Å². The van der Waals surface area contributed by atoms with E-state index in [1.54, 1.807) is 4.90 Å². The van der Waals surface area contributed by atoms with Gasteiger partial charge in [-0.3, -0.25) is 14.4 Å². The van der Waals surface area contributed by atoms with Gasteiger partial charge < -0.3 is 20.3 Å². The van der Waals surface area contributed by atoms with Crippen LogP contribution in [0.15, 0.2) is 66.7 Å². The van der Waals surface area contributed by atoms with Gasteiger partial charge in [0, 0.05) is 18.3 Å². The fraction of sp³-hybridized carbons (Fsp3) is 0.452. The monoisotopic (exact) mass is 513 g/mol. The molecule has 5 atom stereocenters. The Kier molecular flexibility index (Phi) is 6.56. The average molecular weight is 514 g/mol. The van der Waals surface area contributed by atoms with Crippen molar-refractivity contribution in [2.75, 3.05) is 11.9 Å². The number of hydrogen-bond donors (Lipinski definition) is 2. The number of ether oxygens (including phenoxy) is 1. The second-order valence-corrected chi connectivity index (χ2v) is 11.2. The van der Waals surface area contributed by atoms with Gasteiger partial charge in [0.15, 0.2) is 0 Å². The largest absolute Gasteiger partial charge is 0.359 e. The molecular formula is C31H35N3O4. The molecule has 7 nitrogen and oxygen atoms in total. The summed E-state index contributed by atoms with van der Waals surface area (Å²) in [6.07, 6.45) is 9.12. The van der Waals surface area contributed by atoms with E-state index in [4.69, 9.17) is 4.74 Å². The van der Waals surface area contributed by atoms with Crippen molar-refractivity contribution in [1.82, 2.24) is 10.2 Å². The molecule has 1 spiro atoms. The average Bonchev–Trinajstić information content (AvgIpc) is 3.57. The molecule has 3 heterocycles. The van der Waals surface area contributed by atoms with E-state index in [1.807, 2.05) is 73.7 Å². The third-order valence-electron chi connectivity index (χ3n) is 8.68. The number of fused-ring (bicyclic) bond motifs is 1. The fourth-order valence-electron chi connectivity index (χ4n) is 6.79. The standard InChI is InChI=1S/C31H35N3O4/c1-20-12-14-23(15-13-20)32-28(35)25-24-16-18-31(38-24)26(25)30(37)34(19-17-21-8-4-2-5-9-21)27(31)29(36)33-22-10-6-3-7-11-22/h2,4-5,8-9,12-16,18,22,24-27H,3,6-7,10-11,17,19H2,1H3,(H,32,35)(H,33,36). The van der Waals surface area contributed by atoms with E-state index >= 15 is 0 Å². The Morgan fingerprint density at radius 3 is 2.47 bits per heavy atom. The van der Waals surface area contributed by atoms with Crippen LogP contribution < -0.4 is 10.6 Å². The van der Waals surface area contributed by atoms with Crippen LogP contribution in [0.2, 0.25) is 0 Å². The zero-order chi connectivity index (χ0) is 26.3. The van der Waals surface area contributed by atoms with Crippen molar-refractivity contribution in [3.63, 3.8) is 0 Å². The minimum atomic E-state index is -1.13. The molecule has 0 aromatic heterocycles. The van der Waals surface area contributed by atoms with Crippen LogP contribution in [-0.4, -0.2) is 53.0 Å². The van der Waals surface area contributed by atoms with Crippen LogP contribution in [0, 0.1) is 18.8 Å². The molecule has 5 unspecified atom stereocenters. The number of rotatable bonds is 7. The number of amides is 3. The van der Waals surface area contributed by atoms with Crippen LogP contribution in [0.4, 0.5) is 5.69 Å². The molecule has 3 amide bonds. The van der Waals surface area contributed by atoms with Crippen molar-refractivity contribution in [3.8, 4) is 0 Å². The van der Waals surface area contributed by atoms with Gasteiger partial charge in [0.25, 0.3) is 0 Å². The summed E-state index contributed by atoms with van der Waals surface area (Å²) < 4.78 is 6.45. The van der Waals surface area contributed by atoms with Gasteiger partial charge >= 0.3 is 0 Å². The zero-order valence-corrected chi connectivity index (χ0v) is 21.8. The predicted molar refractivity (Wildman–Crippen MR) is 144 cm³/mol. The van der Waals surface area contributed by atoms with Crippen molar-refractivity contribution in [3.05, 3.63) is 77.9 Å². The summed E-state index contributed by atoms with van der Waals surface area (Å²) >= 11 is 0. The molecular weight excluding hydrogens is 478 g/mol. The molecule has 2 aromatic rings. The van der Waals surface area contributed by atoms with Crippen LogP contribution >= 0.6 is 0 Å². The number of likely N-dealkylation sites (tertiary alicyclic amines) is 1. The number of carbonyl (C=O) groups excluding carboxylic acids is 3. The lowest BCUT2D eigenvalue weighted by Crippen LogP contribution is -2.56. The minimum Gasteiger partial charge on any atom is -0.359 e. The predicted octanol–water partition coefficient (Wildman–Crippen LogP) is 3.78. The van der Waals surface area contributed by atoms with E-state index < -0.39 is 29.6 Å². The summed E-state index contributed by atoms with van der Waals surface area (Å²) in [6.45, 7) is 2.38. The maximum absolute atomic E-state index is 14.1. The highest BCUT2D eigenvalue weighted by Crippen LogP contribution is 2.55. The quantitative estimate of drug-likeness (QED) is 0.552. The van der Waals surface area contributed by atoms with Crippen molar-refractivity contribution in [2.24, 2.45) is 11.8 Å². The first kappa shape index (κ1) is 24.9. The van der Waals surface area contributed by atoms with Gasteiger partial charge in [-0.2, -0.15) is 0 Å². The molecule has 1 aliphatic carbocycles. The molecule has 1 saturated carbocycles. The topological polar surface area (TPSA) is 87.7 Å². The summed E-state index contributed by atoms with van der Waals surface area (Å²) in [7, 11) is 0. The molecule has 3 fully saturated rings. The highest BCUT2D eigenvalue weighted by atomic mass is 16.5. The molecule has 38 heavy (non-hydrogen) atoms. The fourth-order valence-corrected chi connectivity index (χ4v) is 6.79. The van der Waals surface area contributed by atoms with Crippen molar-refractivity contribution >= 4 is 23.4 Å². The first-order valence-corrected chi connectivity index (χ1v) is 13.9. The van der Waals surface area contributed by atoms with E-state index in [2.05, 4.69) is 10.6 Å². The third kappa shape index (κ3) is 4.33. The van der Waals surface area contributed by atoms with Crippen molar-refractivity contribution < 1.29 is 19.1 Å². The molecule has 3 aliphatic heterocycles. The molecule has 4 aliphatic rings. The molecule has 2 bridgehead atoms. The van der Waals surface area contributed by atoms with E-state index in [9.17, 15) is 14.4 Å². The molecule has 7 heteroatoms. The van der Waals surface area contributed by atoms with Crippen LogP contribution in [0.1, 0.15) is 43.2 Å². The third-order valence-corrected chi connectivity index (χ3v) is 8.68. The lowest BCUT2D eigenvalue weighted by molar-refractivity contribution is -0.141. The van der Waals surface area contributed by atoms with Gasteiger partial charge in [-0.25, -0.2) is 0 Å². The molecule has 0 radical (unpaired) electrons. The molecule has 6 rings (SSSR count). The highest BCUT2D eigenvalue weighted by molar-refractivity contribution is 6.02. The van der Waals surface area contributed by atoms with Crippen molar-refractivity contribution in [2.45, 2.75) is 69.2 Å². The number of nitrogens with one attached hydrogen (secondary N) is 2. The summed E-state index contributed by atoms with van der Waals surface area (Å²) in [4.78, 5) is 43.2. The number of carbonyl (C=O) groups is 3. The van der Waals surface area contributed by atoms with Crippen LogP contribution in [0.5, 0.6) is 0 Å². The smallest absolute Gasteiger partial charge is 0.246 e.